The summed E-state index contributed by atoms with van der Waals surface area (Å²) in [6, 6.07) is 15.7. The van der Waals surface area contributed by atoms with Crippen molar-refractivity contribution in [1.29, 1.82) is 0 Å². The number of unbranched alkanes of at least 4 members (excludes halogenated alkanes) is 4. The number of ether oxygens (including phenoxy) is 1. The Kier molecular flexibility index (Phi) is 11.0. The van der Waals surface area contributed by atoms with Crippen LogP contribution in [0, 0.1) is 0 Å². The molecule has 3 heteroatoms. The minimum absolute atomic E-state index is 0.779. The lowest BCUT2D eigenvalue weighted by atomic mass is 10.1. The molecule has 138 valence electrons. The zero-order valence-electron chi connectivity index (χ0n) is 15.8. The lowest BCUT2D eigenvalue weighted by Crippen LogP contribution is -1.96. The molecule has 0 amide bonds. The van der Waals surface area contributed by atoms with Crippen LogP contribution in [0.15, 0.2) is 48.5 Å². The molecule has 4 N–H and O–H groups in total. The van der Waals surface area contributed by atoms with Gasteiger partial charge in [0.15, 0.2) is 0 Å². The third-order valence-electron chi connectivity index (χ3n) is 3.95. The third kappa shape index (κ3) is 10.3. The second-order valence-corrected chi connectivity index (χ2v) is 6.32. The van der Waals surface area contributed by atoms with Crippen LogP contribution >= 0.6 is 0 Å². The summed E-state index contributed by atoms with van der Waals surface area (Å²) in [5.74, 6) is 0.908. The molecule has 2 aromatic rings. The van der Waals surface area contributed by atoms with Crippen LogP contribution in [0.25, 0.3) is 0 Å². The Morgan fingerprint density at radius 3 is 1.76 bits per heavy atom. The Balaban J connectivity index is 0.000000251. The smallest absolute Gasteiger partial charge is 0.119 e. The highest BCUT2D eigenvalue weighted by Crippen LogP contribution is 2.13. The molecule has 0 bridgehead atoms. The minimum atomic E-state index is 0.779. The highest BCUT2D eigenvalue weighted by Gasteiger charge is 1.93. The first-order valence-electron chi connectivity index (χ1n) is 9.48. The molecule has 0 unspecified atom stereocenters. The molecule has 3 nitrogen and oxygen atoms in total. The van der Waals surface area contributed by atoms with Gasteiger partial charge in [-0.25, -0.2) is 0 Å². The summed E-state index contributed by atoms with van der Waals surface area (Å²) in [7, 11) is 0. The maximum atomic E-state index is 5.58. The van der Waals surface area contributed by atoms with Crippen LogP contribution in [-0.4, -0.2) is 6.61 Å². The molecule has 0 saturated heterocycles. The standard InChI is InChI=1S/C11H17NO.C11H17N/c1-2-3-4-9-13-11-7-5-10(12)6-8-11;1-2-3-4-5-10-6-8-11(12)9-7-10/h5-8H,2-4,9,12H2,1H3;6-9H,2-5,12H2,1H3. The van der Waals surface area contributed by atoms with E-state index in [0.29, 0.717) is 0 Å². The van der Waals surface area contributed by atoms with Gasteiger partial charge in [0.05, 0.1) is 6.61 Å². The number of anilines is 2. The average Bonchev–Trinajstić information content (AvgIpc) is 2.63. The summed E-state index contributed by atoms with van der Waals surface area (Å²) >= 11 is 0. The van der Waals surface area contributed by atoms with Gasteiger partial charge in [0.2, 0.25) is 0 Å². The normalized spacial score (nSPS) is 10.0. The average molecular weight is 343 g/mol. The maximum Gasteiger partial charge on any atom is 0.119 e. The van der Waals surface area contributed by atoms with E-state index >= 15 is 0 Å². The number of nitrogens with two attached hydrogens (primary N) is 2. The lowest BCUT2D eigenvalue weighted by Gasteiger charge is -2.05. The largest absolute Gasteiger partial charge is 0.494 e. The van der Waals surface area contributed by atoms with Crippen molar-refractivity contribution in [3.8, 4) is 5.75 Å². The second kappa shape index (κ2) is 13.2. The molecule has 2 rings (SSSR count). The summed E-state index contributed by atoms with van der Waals surface area (Å²) in [6.45, 7) is 5.21. The van der Waals surface area contributed by atoms with Crippen LogP contribution < -0.4 is 16.2 Å². The topological polar surface area (TPSA) is 61.3 Å². The number of aryl methyl sites for hydroxylation is 1. The Hall–Kier alpha value is -2.16. The minimum Gasteiger partial charge on any atom is -0.494 e. The highest BCUT2D eigenvalue weighted by molar-refractivity contribution is 5.41. The molecule has 0 aliphatic carbocycles. The third-order valence-corrected chi connectivity index (χ3v) is 3.95. The predicted molar refractivity (Wildman–Crippen MR) is 110 cm³/mol. The van der Waals surface area contributed by atoms with E-state index in [4.69, 9.17) is 16.2 Å². The van der Waals surface area contributed by atoms with Crippen LogP contribution in [0.3, 0.4) is 0 Å². The van der Waals surface area contributed by atoms with E-state index in [1.54, 1.807) is 0 Å². The van der Waals surface area contributed by atoms with Gasteiger partial charge in [-0.05, 0) is 61.2 Å². The Bertz CT molecular complexity index is 549. The molecule has 0 aliphatic heterocycles. The zero-order valence-corrected chi connectivity index (χ0v) is 15.8. The van der Waals surface area contributed by atoms with E-state index in [1.807, 2.05) is 36.4 Å². The summed E-state index contributed by atoms with van der Waals surface area (Å²) < 4.78 is 5.51. The van der Waals surface area contributed by atoms with E-state index in [-0.39, 0.29) is 0 Å². The van der Waals surface area contributed by atoms with Gasteiger partial charge >= 0.3 is 0 Å². The van der Waals surface area contributed by atoms with E-state index in [9.17, 15) is 0 Å². The van der Waals surface area contributed by atoms with Gasteiger partial charge in [-0.3, -0.25) is 0 Å². The van der Waals surface area contributed by atoms with Gasteiger partial charge < -0.3 is 16.2 Å². The quantitative estimate of drug-likeness (QED) is 0.444. The number of hydrogen-bond donors (Lipinski definition) is 2. The van der Waals surface area contributed by atoms with Crippen LogP contribution in [0.1, 0.15) is 57.9 Å². The Morgan fingerprint density at radius 2 is 1.20 bits per heavy atom. The van der Waals surface area contributed by atoms with E-state index in [0.717, 1.165) is 30.2 Å². The number of nitrogen functional groups attached to an aromatic ring is 2. The number of hydrogen-bond acceptors (Lipinski definition) is 3. The molecule has 0 radical (unpaired) electrons. The van der Waals surface area contributed by atoms with E-state index in [1.165, 1.54) is 44.1 Å². The Labute approximate surface area is 153 Å². The monoisotopic (exact) mass is 342 g/mol. The first kappa shape index (κ1) is 20.9. The van der Waals surface area contributed by atoms with Crippen molar-refractivity contribution in [3.05, 3.63) is 54.1 Å². The molecule has 0 heterocycles. The molecule has 0 aliphatic rings. The molecule has 0 atom stereocenters. The molecule has 0 fully saturated rings. The van der Waals surface area contributed by atoms with Gasteiger partial charge in [-0.2, -0.15) is 0 Å². The fourth-order valence-corrected chi connectivity index (χ4v) is 2.37. The molecule has 25 heavy (non-hydrogen) atoms. The first-order chi connectivity index (χ1) is 12.2. The fourth-order valence-electron chi connectivity index (χ4n) is 2.37. The summed E-state index contributed by atoms with van der Waals surface area (Å²) in [5.41, 5.74) is 14.2. The van der Waals surface area contributed by atoms with Crippen molar-refractivity contribution in [3.63, 3.8) is 0 Å². The zero-order chi connectivity index (χ0) is 18.3. The van der Waals surface area contributed by atoms with Crippen molar-refractivity contribution in [2.75, 3.05) is 18.1 Å². The summed E-state index contributed by atoms with van der Waals surface area (Å²) in [5, 5.41) is 0. The molecule has 2 aromatic carbocycles. The van der Waals surface area contributed by atoms with E-state index < -0.39 is 0 Å². The van der Waals surface area contributed by atoms with Gasteiger partial charge in [-0.15, -0.1) is 0 Å². The van der Waals surface area contributed by atoms with Gasteiger partial charge in [0, 0.05) is 11.4 Å². The molecule has 0 aromatic heterocycles. The molecular weight excluding hydrogens is 308 g/mol. The van der Waals surface area contributed by atoms with Crippen molar-refractivity contribution in [1.82, 2.24) is 0 Å². The van der Waals surface area contributed by atoms with Crippen LogP contribution in [0.5, 0.6) is 5.75 Å². The maximum absolute atomic E-state index is 5.58. The Morgan fingerprint density at radius 1 is 0.680 bits per heavy atom. The summed E-state index contributed by atoms with van der Waals surface area (Å²) in [4.78, 5) is 0. The second-order valence-electron chi connectivity index (χ2n) is 6.32. The number of benzene rings is 2. The van der Waals surface area contributed by atoms with Gasteiger partial charge in [0.1, 0.15) is 5.75 Å². The molecule has 0 saturated carbocycles. The van der Waals surface area contributed by atoms with Crippen LogP contribution in [0.4, 0.5) is 11.4 Å². The fraction of sp³-hybridized carbons (Fsp3) is 0.455. The SMILES string of the molecule is CCCCCOc1ccc(N)cc1.CCCCCc1ccc(N)cc1. The van der Waals surface area contributed by atoms with Crippen LogP contribution in [0.2, 0.25) is 0 Å². The highest BCUT2D eigenvalue weighted by atomic mass is 16.5. The van der Waals surface area contributed by atoms with Crippen molar-refractivity contribution >= 4 is 11.4 Å². The number of rotatable bonds is 9. The van der Waals surface area contributed by atoms with Gasteiger partial charge in [0.25, 0.3) is 0 Å². The van der Waals surface area contributed by atoms with Crippen molar-refractivity contribution in [2.24, 2.45) is 0 Å². The van der Waals surface area contributed by atoms with E-state index in [2.05, 4.69) is 26.0 Å². The predicted octanol–water partition coefficient (Wildman–Crippen LogP) is 5.84. The lowest BCUT2D eigenvalue weighted by molar-refractivity contribution is 0.306. The van der Waals surface area contributed by atoms with Gasteiger partial charge in [-0.1, -0.05) is 51.7 Å². The molecule has 0 spiro atoms. The van der Waals surface area contributed by atoms with Crippen molar-refractivity contribution in [2.45, 2.75) is 58.8 Å². The summed E-state index contributed by atoms with van der Waals surface area (Å²) in [6.07, 6.45) is 8.68. The first-order valence-corrected chi connectivity index (χ1v) is 9.48. The van der Waals surface area contributed by atoms with Crippen LogP contribution in [-0.2, 0) is 6.42 Å². The van der Waals surface area contributed by atoms with Crippen molar-refractivity contribution < 1.29 is 4.74 Å². The molecular formula is C22H34N2O.